The molecule has 2 aromatic rings. The van der Waals surface area contributed by atoms with Crippen LogP contribution in [-0.4, -0.2) is 5.91 Å². The number of carbonyl (C=O) groups is 1. The van der Waals surface area contributed by atoms with Crippen molar-refractivity contribution in [2.45, 2.75) is 11.9 Å². The van der Waals surface area contributed by atoms with Crippen molar-refractivity contribution in [3.63, 3.8) is 0 Å². The van der Waals surface area contributed by atoms with Crippen LogP contribution in [0.1, 0.15) is 21.5 Å². The summed E-state index contributed by atoms with van der Waals surface area (Å²) in [5.74, 6) is -0.127. The second-order valence-electron chi connectivity index (χ2n) is 4.26. The molecule has 2 rings (SSSR count). The third kappa shape index (κ3) is 4.08. The van der Waals surface area contributed by atoms with Gasteiger partial charge in [0.1, 0.15) is 0 Å². The Morgan fingerprint density at radius 3 is 2.60 bits per heavy atom. The van der Waals surface area contributed by atoms with Gasteiger partial charge in [0.25, 0.3) is 5.91 Å². The molecule has 0 aliphatic rings. The molecule has 2 nitrogen and oxygen atoms in total. The Kier molecular flexibility index (Phi) is 5.64. The topological polar surface area (TPSA) is 29.1 Å². The lowest BCUT2D eigenvalue weighted by Crippen LogP contribution is -2.23. The van der Waals surface area contributed by atoms with Crippen LogP contribution >= 0.6 is 43.5 Å². The van der Waals surface area contributed by atoms with Gasteiger partial charge in [-0.05, 0) is 45.3 Å². The van der Waals surface area contributed by atoms with Crippen LogP contribution in [0.25, 0.3) is 0 Å². The van der Waals surface area contributed by atoms with Crippen molar-refractivity contribution in [2.75, 3.05) is 0 Å². The quantitative estimate of drug-likeness (QED) is 0.703. The van der Waals surface area contributed by atoms with Crippen LogP contribution in [-0.2, 0) is 11.9 Å². The maximum atomic E-state index is 12.1. The summed E-state index contributed by atoms with van der Waals surface area (Å²) >= 11 is 12.6. The van der Waals surface area contributed by atoms with Gasteiger partial charge < -0.3 is 5.32 Å². The van der Waals surface area contributed by atoms with Crippen molar-refractivity contribution in [2.24, 2.45) is 0 Å². The molecule has 0 saturated heterocycles. The van der Waals surface area contributed by atoms with Gasteiger partial charge in [-0.1, -0.05) is 51.8 Å². The molecule has 2 aromatic carbocycles. The van der Waals surface area contributed by atoms with E-state index in [1.165, 1.54) is 5.56 Å². The zero-order chi connectivity index (χ0) is 14.5. The zero-order valence-electron chi connectivity index (χ0n) is 10.5. The monoisotopic (exact) mass is 415 g/mol. The van der Waals surface area contributed by atoms with E-state index in [9.17, 15) is 4.79 Å². The van der Waals surface area contributed by atoms with Crippen molar-refractivity contribution >= 4 is 49.4 Å². The molecule has 0 radical (unpaired) electrons. The Labute approximate surface area is 139 Å². The summed E-state index contributed by atoms with van der Waals surface area (Å²) in [4.78, 5) is 12.1. The van der Waals surface area contributed by atoms with Gasteiger partial charge in [-0.2, -0.15) is 0 Å². The highest BCUT2D eigenvalue weighted by molar-refractivity contribution is 9.10. The third-order valence-electron chi connectivity index (χ3n) is 2.77. The van der Waals surface area contributed by atoms with Gasteiger partial charge >= 0.3 is 0 Å². The van der Waals surface area contributed by atoms with Crippen molar-refractivity contribution in [1.82, 2.24) is 5.32 Å². The van der Waals surface area contributed by atoms with E-state index in [-0.39, 0.29) is 5.91 Å². The van der Waals surface area contributed by atoms with Gasteiger partial charge in [-0.15, -0.1) is 0 Å². The zero-order valence-corrected chi connectivity index (χ0v) is 14.4. The molecule has 1 N–H and O–H groups in total. The lowest BCUT2D eigenvalue weighted by Gasteiger charge is -2.08. The number of carbonyl (C=O) groups excluding carboxylic acids is 1. The highest BCUT2D eigenvalue weighted by atomic mass is 79.9. The number of amides is 1. The first-order valence-electron chi connectivity index (χ1n) is 5.97. The number of rotatable bonds is 4. The molecule has 20 heavy (non-hydrogen) atoms. The fourth-order valence-corrected chi connectivity index (χ4v) is 2.99. The molecule has 5 heteroatoms. The molecule has 0 aliphatic heterocycles. The van der Waals surface area contributed by atoms with Crippen LogP contribution in [0.2, 0.25) is 5.02 Å². The van der Waals surface area contributed by atoms with E-state index in [2.05, 4.69) is 43.2 Å². The molecular weight excluding hydrogens is 405 g/mol. The normalized spacial score (nSPS) is 10.3. The number of hydrogen-bond acceptors (Lipinski definition) is 1. The van der Waals surface area contributed by atoms with Crippen LogP contribution in [0, 0.1) is 0 Å². The average Bonchev–Trinajstić information content (AvgIpc) is 2.45. The molecule has 0 saturated carbocycles. The summed E-state index contributed by atoms with van der Waals surface area (Å²) in [6.07, 6.45) is 0. The minimum Gasteiger partial charge on any atom is -0.348 e. The minimum atomic E-state index is -0.127. The van der Waals surface area contributed by atoms with E-state index < -0.39 is 0 Å². The molecule has 0 atom stereocenters. The summed E-state index contributed by atoms with van der Waals surface area (Å²) < 4.78 is 0.691. The van der Waals surface area contributed by atoms with Crippen LogP contribution < -0.4 is 5.32 Å². The van der Waals surface area contributed by atoms with Crippen molar-refractivity contribution < 1.29 is 4.79 Å². The van der Waals surface area contributed by atoms with Crippen molar-refractivity contribution in [3.05, 3.63) is 68.7 Å². The molecule has 104 valence electrons. The maximum Gasteiger partial charge on any atom is 0.252 e. The Morgan fingerprint density at radius 2 is 1.90 bits per heavy atom. The second-order valence-corrected chi connectivity index (χ2v) is 6.11. The van der Waals surface area contributed by atoms with Gasteiger partial charge in [0.15, 0.2) is 0 Å². The van der Waals surface area contributed by atoms with Crippen molar-refractivity contribution in [1.29, 1.82) is 0 Å². The summed E-state index contributed by atoms with van der Waals surface area (Å²) in [6.45, 7) is 0.495. The van der Waals surface area contributed by atoms with E-state index in [4.69, 9.17) is 11.6 Å². The largest absolute Gasteiger partial charge is 0.348 e. The molecule has 1 amide bonds. The molecule has 0 aromatic heterocycles. The van der Waals surface area contributed by atoms with Crippen LogP contribution in [0.4, 0.5) is 0 Å². The van der Waals surface area contributed by atoms with Crippen LogP contribution in [0.3, 0.4) is 0 Å². The average molecular weight is 418 g/mol. The Hall–Kier alpha value is -0.840. The fourth-order valence-electron chi connectivity index (χ4n) is 1.77. The third-order valence-corrected chi connectivity index (χ3v) is 4.31. The first-order valence-corrected chi connectivity index (χ1v) is 8.26. The predicted octanol–water partition coefficient (Wildman–Crippen LogP) is 4.93. The SMILES string of the molecule is O=C(NCc1cccc(CBr)c1)c1ccc(Cl)cc1Br. The van der Waals surface area contributed by atoms with E-state index in [0.29, 0.717) is 21.6 Å². The molecule has 0 spiro atoms. The second kappa shape index (κ2) is 7.25. The van der Waals surface area contributed by atoms with E-state index in [1.54, 1.807) is 18.2 Å². The highest BCUT2D eigenvalue weighted by Gasteiger charge is 2.10. The summed E-state index contributed by atoms with van der Waals surface area (Å²) in [6, 6.07) is 13.2. The van der Waals surface area contributed by atoms with Gasteiger partial charge in [0, 0.05) is 21.4 Å². The Morgan fingerprint density at radius 1 is 1.15 bits per heavy atom. The van der Waals surface area contributed by atoms with E-state index in [1.807, 2.05) is 18.2 Å². The number of halogens is 3. The number of nitrogens with one attached hydrogen (secondary N) is 1. The Balaban J connectivity index is 2.04. The predicted molar refractivity (Wildman–Crippen MR) is 89.4 cm³/mol. The maximum absolute atomic E-state index is 12.1. The lowest BCUT2D eigenvalue weighted by molar-refractivity contribution is 0.0950. The van der Waals surface area contributed by atoms with Gasteiger partial charge in [0.05, 0.1) is 5.56 Å². The van der Waals surface area contributed by atoms with Gasteiger partial charge in [0.2, 0.25) is 0 Å². The molecule has 0 unspecified atom stereocenters. The fraction of sp³-hybridized carbons (Fsp3) is 0.133. The van der Waals surface area contributed by atoms with E-state index >= 15 is 0 Å². The highest BCUT2D eigenvalue weighted by Crippen LogP contribution is 2.21. The van der Waals surface area contributed by atoms with Crippen molar-refractivity contribution in [3.8, 4) is 0 Å². The summed E-state index contributed by atoms with van der Waals surface area (Å²) in [5.41, 5.74) is 2.83. The number of alkyl halides is 1. The Bertz CT molecular complexity index is 631. The molecular formula is C15H12Br2ClNO. The standard InChI is InChI=1S/C15H12Br2ClNO/c16-8-10-2-1-3-11(6-10)9-19-15(20)13-5-4-12(18)7-14(13)17/h1-7H,8-9H2,(H,19,20). The van der Waals surface area contributed by atoms with Gasteiger partial charge in [-0.25, -0.2) is 0 Å². The van der Waals surface area contributed by atoms with Crippen LogP contribution in [0.5, 0.6) is 0 Å². The molecule has 0 aliphatic carbocycles. The number of benzene rings is 2. The molecule has 0 heterocycles. The van der Waals surface area contributed by atoms with Crippen LogP contribution in [0.15, 0.2) is 46.9 Å². The summed E-state index contributed by atoms with van der Waals surface area (Å²) in [7, 11) is 0. The molecule has 0 fully saturated rings. The van der Waals surface area contributed by atoms with Gasteiger partial charge in [-0.3, -0.25) is 4.79 Å². The summed E-state index contributed by atoms with van der Waals surface area (Å²) in [5, 5.41) is 4.30. The minimum absolute atomic E-state index is 0.127. The first-order chi connectivity index (χ1) is 9.60. The van der Waals surface area contributed by atoms with E-state index in [0.717, 1.165) is 10.9 Å². The lowest BCUT2D eigenvalue weighted by atomic mass is 10.1. The number of hydrogen-bond donors (Lipinski definition) is 1. The smallest absolute Gasteiger partial charge is 0.252 e. The molecule has 0 bridgehead atoms. The first kappa shape index (κ1) is 15.5.